The number of ether oxygens (including phenoxy) is 1. The standard InChI is InChI=1S/C32H46N2O5S/c1-5-7-8-9-16-32(4,30(36)33-31(37)38)21-27-20-26(22-40-27)25-12-10-24(11-13-25)19-28(39-6-2)29(35)34-17-14-23(3)15-18-34/h10-13,20,22-23,28H,5-9,14-19,21H2,1-4H3,(H,33,36)(H,37,38)/t28-,32?/m0/s1. The van der Waals surface area contributed by atoms with Crippen LogP contribution in [0, 0.1) is 11.3 Å². The summed E-state index contributed by atoms with van der Waals surface area (Å²) < 4.78 is 5.88. The number of thiophene rings is 1. The highest BCUT2D eigenvalue weighted by atomic mass is 32.1. The Hall–Kier alpha value is -2.71. The van der Waals surface area contributed by atoms with E-state index >= 15 is 0 Å². The van der Waals surface area contributed by atoms with Crippen molar-refractivity contribution in [2.45, 2.75) is 91.6 Å². The number of likely N-dealkylation sites (tertiary alicyclic amines) is 1. The lowest BCUT2D eigenvalue weighted by molar-refractivity contribution is -0.144. The number of benzene rings is 1. The number of piperidine rings is 1. The minimum absolute atomic E-state index is 0.0879. The van der Waals surface area contributed by atoms with Gasteiger partial charge in [0.1, 0.15) is 6.10 Å². The third-order valence-corrected chi connectivity index (χ3v) is 8.95. The molecule has 2 N–H and O–H groups in total. The summed E-state index contributed by atoms with van der Waals surface area (Å²) in [7, 11) is 0. The number of hydrogen-bond donors (Lipinski definition) is 2. The van der Waals surface area contributed by atoms with E-state index in [9.17, 15) is 14.4 Å². The summed E-state index contributed by atoms with van der Waals surface area (Å²) >= 11 is 1.59. The van der Waals surface area contributed by atoms with Crippen LogP contribution in [0.15, 0.2) is 35.7 Å². The van der Waals surface area contributed by atoms with Gasteiger partial charge < -0.3 is 14.7 Å². The molecule has 1 unspecified atom stereocenters. The molecule has 2 aromatic rings. The second-order valence-electron chi connectivity index (χ2n) is 11.5. The Morgan fingerprint density at radius 3 is 2.42 bits per heavy atom. The molecule has 2 heterocycles. The maximum absolute atomic E-state index is 13.2. The van der Waals surface area contributed by atoms with E-state index in [1.807, 2.05) is 18.7 Å². The second kappa shape index (κ2) is 15.3. The van der Waals surface area contributed by atoms with Crippen LogP contribution in [0.1, 0.15) is 83.1 Å². The molecule has 40 heavy (non-hydrogen) atoms. The van der Waals surface area contributed by atoms with Crippen molar-refractivity contribution < 1.29 is 24.2 Å². The first-order valence-electron chi connectivity index (χ1n) is 14.8. The van der Waals surface area contributed by atoms with Gasteiger partial charge in [0.2, 0.25) is 5.91 Å². The first kappa shape index (κ1) is 31.8. The quantitative estimate of drug-likeness (QED) is 0.240. The van der Waals surface area contributed by atoms with E-state index in [2.05, 4.69) is 54.9 Å². The summed E-state index contributed by atoms with van der Waals surface area (Å²) in [5.74, 6) is 0.319. The summed E-state index contributed by atoms with van der Waals surface area (Å²) in [5, 5.41) is 13.3. The molecular formula is C32H46N2O5S. The largest absolute Gasteiger partial charge is 0.465 e. The van der Waals surface area contributed by atoms with Crippen LogP contribution in [0.5, 0.6) is 0 Å². The van der Waals surface area contributed by atoms with Crippen molar-refractivity contribution in [1.29, 1.82) is 0 Å². The molecule has 2 atom stereocenters. The Morgan fingerprint density at radius 1 is 1.10 bits per heavy atom. The number of rotatable bonds is 14. The number of unbranched alkanes of at least 4 members (excludes halogenated alkanes) is 3. The van der Waals surface area contributed by atoms with Gasteiger partial charge in [0.05, 0.1) is 5.41 Å². The fourth-order valence-electron chi connectivity index (χ4n) is 5.38. The third-order valence-electron chi connectivity index (χ3n) is 8.02. The molecular weight excluding hydrogens is 524 g/mol. The van der Waals surface area contributed by atoms with Gasteiger partial charge in [-0.2, -0.15) is 0 Å². The maximum Gasteiger partial charge on any atom is 0.411 e. The molecule has 1 aromatic carbocycles. The van der Waals surface area contributed by atoms with Gasteiger partial charge in [0.15, 0.2) is 0 Å². The number of amides is 3. The van der Waals surface area contributed by atoms with E-state index < -0.39 is 23.5 Å². The van der Waals surface area contributed by atoms with Crippen molar-refractivity contribution in [1.82, 2.24) is 10.2 Å². The molecule has 1 fully saturated rings. The molecule has 0 aliphatic carbocycles. The zero-order valence-corrected chi connectivity index (χ0v) is 25.4. The summed E-state index contributed by atoms with van der Waals surface area (Å²) in [4.78, 5) is 40.2. The van der Waals surface area contributed by atoms with Crippen molar-refractivity contribution in [3.05, 3.63) is 46.2 Å². The van der Waals surface area contributed by atoms with Crippen molar-refractivity contribution >= 4 is 29.2 Å². The molecule has 1 saturated heterocycles. The monoisotopic (exact) mass is 570 g/mol. The summed E-state index contributed by atoms with van der Waals surface area (Å²) in [6.45, 7) is 10.3. The lowest BCUT2D eigenvalue weighted by Gasteiger charge is -2.33. The average Bonchev–Trinajstić information content (AvgIpc) is 3.39. The predicted molar refractivity (Wildman–Crippen MR) is 161 cm³/mol. The first-order valence-corrected chi connectivity index (χ1v) is 15.6. The molecule has 1 aliphatic heterocycles. The van der Waals surface area contributed by atoms with Crippen LogP contribution in [0.3, 0.4) is 0 Å². The third kappa shape index (κ3) is 9.16. The first-order chi connectivity index (χ1) is 19.1. The Bertz CT molecular complexity index is 1110. The van der Waals surface area contributed by atoms with Crippen molar-refractivity contribution in [2.75, 3.05) is 19.7 Å². The van der Waals surface area contributed by atoms with Gasteiger partial charge >= 0.3 is 6.09 Å². The van der Waals surface area contributed by atoms with Crippen LogP contribution < -0.4 is 5.32 Å². The lowest BCUT2D eigenvalue weighted by atomic mass is 9.80. The highest BCUT2D eigenvalue weighted by Crippen LogP contribution is 2.35. The van der Waals surface area contributed by atoms with E-state index in [4.69, 9.17) is 9.84 Å². The van der Waals surface area contributed by atoms with Crippen LogP contribution in [0.4, 0.5) is 4.79 Å². The molecule has 1 aromatic heterocycles. The topological polar surface area (TPSA) is 95.9 Å². The molecule has 1 aliphatic rings. The number of nitrogens with zero attached hydrogens (tertiary/aromatic N) is 1. The number of hydrogen-bond acceptors (Lipinski definition) is 5. The average molecular weight is 571 g/mol. The van der Waals surface area contributed by atoms with Crippen molar-refractivity contribution in [3.63, 3.8) is 0 Å². The summed E-state index contributed by atoms with van der Waals surface area (Å²) in [6.07, 6.45) is 6.12. The number of carbonyl (C=O) groups excluding carboxylic acids is 2. The molecule has 0 spiro atoms. The highest BCUT2D eigenvalue weighted by Gasteiger charge is 2.34. The minimum Gasteiger partial charge on any atom is -0.465 e. The fourth-order valence-corrected chi connectivity index (χ4v) is 6.46. The van der Waals surface area contributed by atoms with Gasteiger partial charge in [-0.15, -0.1) is 11.3 Å². The number of carboxylic acid groups (broad SMARTS) is 1. The van der Waals surface area contributed by atoms with Crippen LogP contribution >= 0.6 is 11.3 Å². The molecule has 3 rings (SSSR count). The summed E-state index contributed by atoms with van der Waals surface area (Å²) in [6, 6.07) is 10.4. The Morgan fingerprint density at radius 2 is 1.80 bits per heavy atom. The van der Waals surface area contributed by atoms with Gasteiger partial charge in [0, 0.05) is 31.0 Å². The Labute approximate surface area is 243 Å². The van der Waals surface area contributed by atoms with E-state index in [-0.39, 0.29) is 5.91 Å². The van der Waals surface area contributed by atoms with E-state index in [0.717, 1.165) is 73.2 Å². The highest BCUT2D eigenvalue weighted by molar-refractivity contribution is 7.10. The van der Waals surface area contributed by atoms with Crippen molar-refractivity contribution in [2.24, 2.45) is 11.3 Å². The van der Waals surface area contributed by atoms with E-state index in [1.165, 1.54) is 0 Å². The van der Waals surface area contributed by atoms with Gasteiger partial charge in [-0.25, -0.2) is 4.79 Å². The number of imide groups is 1. The molecule has 0 saturated carbocycles. The van der Waals surface area contributed by atoms with Gasteiger partial charge in [-0.05, 0) is 66.7 Å². The lowest BCUT2D eigenvalue weighted by Crippen LogP contribution is -2.45. The predicted octanol–water partition coefficient (Wildman–Crippen LogP) is 6.93. The normalized spacial score (nSPS) is 16.4. The Kier molecular flexibility index (Phi) is 12.2. The van der Waals surface area contributed by atoms with Crippen LogP contribution in [-0.2, 0) is 27.2 Å². The minimum atomic E-state index is -1.31. The Balaban J connectivity index is 1.67. The zero-order chi connectivity index (χ0) is 29.1. The smallest absolute Gasteiger partial charge is 0.411 e. The molecule has 7 nitrogen and oxygen atoms in total. The van der Waals surface area contributed by atoms with Gasteiger partial charge in [-0.1, -0.05) is 70.7 Å². The molecule has 0 bridgehead atoms. The molecule has 220 valence electrons. The van der Waals surface area contributed by atoms with Crippen LogP contribution in [0.2, 0.25) is 0 Å². The molecule has 8 heteroatoms. The van der Waals surface area contributed by atoms with Gasteiger partial charge in [-0.3, -0.25) is 14.9 Å². The van der Waals surface area contributed by atoms with Crippen LogP contribution in [0.25, 0.3) is 11.1 Å². The SMILES string of the molecule is CCCCCCC(C)(Cc1cc(-c2ccc(C[C@H](OCC)C(=O)N3CCC(C)CC3)cc2)cs1)C(=O)NC(=O)O. The zero-order valence-electron chi connectivity index (χ0n) is 24.5. The fraction of sp³-hybridized carbons (Fsp3) is 0.594. The maximum atomic E-state index is 13.2. The molecule has 0 radical (unpaired) electrons. The van der Waals surface area contributed by atoms with E-state index in [0.29, 0.717) is 31.8 Å². The number of carbonyl (C=O) groups is 3. The van der Waals surface area contributed by atoms with E-state index in [1.54, 1.807) is 11.3 Å². The number of nitrogens with one attached hydrogen (secondary N) is 1. The van der Waals surface area contributed by atoms with Gasteiger partial charge in [0.25, 0.3) is 5.91 Å². The summed E-state index contributed by atoms with van der Waals surface area (Å²) in [5.41, 5.74) is 2.40. The van der Waals surface area contributed by atoms with Crippen LogP contribution in [-0.4, -0.2) is 53.7 Å². The van der Waals surface area contributed by atoms with Crippen molar-refractivity contribution in [3.8, 4) is 11.1 Å². The molecule has 3 amide bonds. The second-order valence-corrected chi connectivity index (χ2v) is 12.5.